The van der Waals surface area contributed by atoms with Crippen LogP contribution >= 0.6 is 0 Å². The number of aryl methyl sites for hydroxylation is 1. The zero-order chi connectivity index (χ0) is 13.5. The molecule has 3 nitrogen and oxygen atoms in total. The van der Waals surface area contributed by atoms with Crippen LogP contribution in [0.2, 0.25) is 0 Å². The van der Waals surface area contributed by atoms with E-state index in [4.69, 9.17) is 14.4 Å². The number of aromatic hydroxyl groups is 1. The quantitative estimate of drug-likeness (QED) is 0.451. The summed E-state index contributed by atoms with van der Waals surface area (Å²) in [6, 6.07) is 17.1. The molecule has 0 saturated heterocycles. The average molecular weight is 285 g/mol. The number of benzene rings is 1. The van der Waals surface area contributed by atoms with Gasteiger partial charge in [-0.15, -0.1) is 0 Å². The number of rotatable bonds is 0. The smallest absolute Gasteiger partial charge is 0 e. The van der Waals surface area contributed by atoms with Gasteiger partial charge >= 0.3 is 22.6 Å². The van der Waals surface area contributed by atoms with Gasteiger partial charge in [-0.2, -0.15) is 18.2 Å². The van der Waals surface area contributed by atoms with Crippen LogP contribution in [-0.2, 0) is 26.4 Å². The van der Waals surface area contributed by atoms with Crippen LogP contribution in [0, 0.1) is 20.2 Å². The van der Waals surface area contributed by atoms with E-state index in [0.29, 0.717) is 5.75 Å². The zero-order valence-electron chi connectivity index (χ0n) is 9.81. The van der Waals surface area contributed by atoms with E-state index in [1.54, 1.807) is 12.1 Å². The van der Waals surface area contributed by atoms with Crippen molar-refractivity contribution in [3.8, 4) is 5.75 Å². The molecule has 18 heavy (non-hydrogen) atoms. The van der Waals surface area contributed by atoms with E-state index in [-0.39, 0.29) is 17.1 Å². The monoisotopic (exact) mass is 285 g/mol. The van der Waals surface area contributed by atoms with Crippen molar-refractivity contribution in [3.63, 3.8) is 0 Å². The predicted octanol–water partition coefficient (Wildman–Crippen LogP) is 3.03. The molecule has 4 heteroatoms. The molecule has 96 valence electrons. The summed E-state index contributed by atoms with van der Waals surface area (Å²) in [5.74, 6) is 0.329. The molecule has 0 heterocycles. The molecule has 0 radical (unpaired) electrons. The van der Waals surface area contributed by atoms with E-state index in [0.717, 1.165) is 0 Å². The van der Waals surface area contributed by atoms with E-state index in [1.165, 1.54) is 5.56 Å². The standard InChI is InChI=1S/C7H8O.C5H5.2CO.Fe/c1-6-2-4-7(8)5-3-6;1-2-4-5-3-1;2*1-2;/h2-5,8H,1H3;1-5H;;;/q;-1;;;. The van der Waals surface area contributed by atoms with Gasteiger partial charge < -0.3 is 5.11 Å². The van der Waals surface area contributed by atoms with Crippen molar-refractivity contribution in [1.82, 2.24) is 0 Å². The van der Waals surface area contributed by atoms with Gasteiger partial charge in [0, 0.05) is 17.1 Å². The SMILES string of the molecule is Cc1ccc(O)cc1.[C-]#[O+].[C-]#[O+].[Fe].c1cc[cH-]c1. The fourth-order valence-electron chi connectivity index (χ4n) is 0.866. The van der Waals surface area contributed by atoms with Crippen molar-refractivity contribution < 1.29 is 31.5 Å². The summed E-state index contributed by atoms with van der Waals surface area (Å²) in [7, 11) is 0. The predicted molar refractivity (Wildman–Crippen MR) is 62.7 cm³/mol. The maximum Gasteiger partial charge on any atom is 0 e. The summed E-state index contributed by atoms with van der Waals surface area (Å²) < 4.78 is 15.0. The van der Waals surface area contributed by atoms with Crippen molar-refractivity contribution in [2.45, 2.75) is 6.92 Å². The average Bonchev–Trinajstić information content (AvgIpc) is 2.97. The van der Waals surface area contributed by atoms with E-state index >= 15 is 0 Å². The summed E-state index contributed by atoms with van der Waals surface area (Å²) in [5.41, 5.74) is 1.17. The Morgan fingerprint density at radius 1 is 0.944 bits per heavy atom. The molecular weight excluding hydrogens is 272 g/mol. The summed E-state index contributed by atoms with van der Waals surface area (Å²) in [5, 5.41) is 8.76. The molecule has 2 aromatic rings. The zero-order valence-corrected chi connectivity index (χ0v) is 10.9. The molecule has 0 aliphatic heterocycles. The van der Waals surface area contributed by atoms with Gasteiger partial charge in [0.1, 0.15) is 5.75 Å². The summed E-state index contributed by atoms with van der Waals surface area (Å²) in [6.45, 7) is 11.0. The minimum Gasteiger partial charge on any atom is -0.214 e. The fourth-order valence-corrected chi connectivity index (χ4v) is 0.866. The van der Waals surface area contributed by atoms with Gasteiger partial charge in [0.15, 0.2) is 0 Å². The van der Waals surface area contributed by atoms with Gasteiger partial charge in [0.05, 0.1) is 0 Å². The van der Waals surface area contributed by atoms with Crippen LogP contribution in [-0.4, -0.2) is 5.11 Å². The van der Waals surface area contributed by atoms with Crippen molar-refractivity contribution >= 4 is 0 Å². The Hall–Kier alpha value is -1.63. The maximum absolute atomic E-state index is 8.76. The molecule has 0 fully saturated rings. The van der Waals surface area contributed by atoms with Gasteiger partial charge in [-0.05, 0) is 19.1 Å². The topological polar surface area (TPSA) is 60.0 Å². The molecule has 2 aromatic carbocycles. The molecule has 2 rings (SSSR count). The molecule has 0 unspecified atom stereocenters. The van der Waals surface area contributed by atoms with Crippen LogP contribution < -0.4 is 0 Å². The molecular formula is C14H13FeO3-. The van der Waals surface area contributed by atoms with Crippen molar-refractivity contribution in [3.05, 3.63) is 73.5 Å². The molecule has 0 aromatic heterocycles. The molecule has 0 saturated carbocycles. The molecule has 0 bridgehead atoms. The van der Waals surface area contributed by atoms with Gasteiger partial charge in [0.25, 0.3) is 0 Å². The number of hydrogen-bond acceptors (Lipinski definition) is 1. The van der Waals surface area contributed by atoms with Gasteiger partial charge in [-0.3, -0.25) is 0 Å². The fraction of sp³-hybridized carbons (Fsp3) is 0.0714. The molecule has 0 atom stereocenters. The van der Waals surface area contributed by atoms with E-state index in [1.807, 2.05) is 49.4 Å². The Bertz CT molecular complexity index is 344. The number of phenols is 1. The third-order valence-corrected chi connectivity index (χ3v) is 1.59. The van der Waals surface area contributed by atoms with Gasteiger partial charge in [-0.1, -0.05) is 17.7 Å². The summed E-state index contributed by atoms with van der Waals surface area (Å²) >= 11 is 0. The first-order chi connectivity index (χ1) is 8.29. The third kappa shape index (κ3) is 14.4. The van der Waals surface area contributed by atoms with E-state index in [2.05, 4.69) is 13.3 Å². The second kappa shape index (κ2) is 17.8. The molecule has 0 spiro atoms. The largest absolute Gasteiger partial charge is 0.214 e. The van der Waals surface area contributed by atoms with Crippen molar-refractivity contribution in [2.75, 3.05) is 0 Å². The van der Waals surface area contributed by atoms with Gasteiger partial charge in [0.2, 0.25) is 0 Å². The van der Waals surface area contributed by atoms with Crippen molar-refractivity contribution in [2.24, 2.45) is 0 Å². The Morgan fingerprint density at radius 3 is 1.56 bits per heavy atom. The van der Waals surface area contributed by atoms with Crippen LogP contribution in [0.4, 0.5) is 0 Å². The minimum atomic E-state index is 0. The van der Waals surface area contributed by atoms with Crippen LogP contribution in [0.25, 0.3) is 0 Å². The third-order valence-electron chi connectivity index (χ3n) is 1.59. The van der Waals surface area contributed by atoms with Crippen LogP contribution in [0.3, 0.4) is 0 Å². The Kier molecular flexibility index (Phi) is 21.3. The van der Waals surface area contributed by atoms with E-state index < -0.39 is 0 Å². The molecule has 0 aliphatic carbocycles. The summed E-state index contributed by atoms with van der Waals surface area (Å²) in [6.07, 6.45) is 0. The second-order valence-electron chi connectivity index (χ2n) is 2.80. The van der Waals surface area contributed by atoms with E-state index in [9.17, 15) is 0 Å². The normalized spacial score (nSPS) is 6.50. The first-order valence-electron chi connectivity index (χ1n) is 4.62. The Morgan fingerprint density at radius 2 is 1.33 bits per heavy atom. The molecule has 1 N–H and O–H groups in total. The van der Waals surface area contributed by atoms with Crippen LogP contribution in [0.15, 0.2) is 54.6 Å². The van der Waals surface area contributed by atoms with Crippen LogP contribution in [0.5, 0.6) is 5.75 Å². The number of hydrogen-bond donors (Lipinski definition) is 1. The number of phenolic OH excluding ortho intramolecular Hbond substituents is 1. The Labute approximate surface area is 118 Å². The maximum atomic E-state index is 8.76. The van der Waals surface area contributed by atoms with Crippen molar-refractivity contribution in [1.29, 1.82) is 0 Å². The first kappa shape index (κ1) is 21.6. The first-order valence-corrected chi connectivity index (χ1v) is 4.62. The van der Waals surface area contributed by atoms with Gasteiger partial charge in [-0.25, -0.2) is 12.1 Å². The molecule has 0 amide bonds. The second-order valence-corrected chi connectivity index (χ2v) is 2.80. The summed E-state index contributed by atoms with van der Waals surface area (Å²) in [4.78, 5) is 0. The van der Waals surface area contributed by atoms with Crippen LogP contribution in [0.1, 0.15) is 5.56 Å². The Balaban J connectivity index is -0.000000196. The minimum absolute atomic E-state index is 0. The molecule has 0 aliphatic rings.